The number of aliphatic hydroxyl groups is 1. The third-order valence-corrected chi connectivity index (χ3v) is 4.13. The second-order valence-electron chi connectivity index (χ2n) is 4.25. The van der Waals surface area contributed by atoms with Gasteiger partial charge in [0.05, 0.1) is 22.9 Å². The normalized spacial score (nSPS) is 13.1. The maximum absolute atomic E-state index is 9.28. The van der Waals surface area contributed by atoms with Crippen molar-refractivity contribution in [1.82, 2.24) is 4.98 Å². The van der Waals surface area contributed by atoms with Crippen LogP contribution in [0.5, 0.6) is 0 Å². The van der Waals surface area contributed by atoms with Gasteiger partial charge in [0.2, 0.25) is 0 Å². The summed E-state index contributed by atoms with van der Waals surface area (Å²) in [5.41, 5.74) is 3.06. The maximum atomic E-state index is 9.28. The summed E-state index contributed by atoms with van der Waals surface area (Å²) in [5.74, 6) is 0. The second kappa shape index (κ2) is 5.21. The maximum Gasteiger partial charge on any atom is 0.123 e. The fourth-order valence-corrected chi connectivity index (χ4v) is 3.19. The zero-order valence-corrected chi connectivity index (χ0v) is 11.4. The molecule has 98 valence electrons. The fraction of sp³-hybridized carbons (Fsp3) is 0.214. The van der Waals surface area contributed by atoms with Crippen LogP contribution < -0.4 is 4.90 Å². The van der Waals surface area contributed by atoms with Gasteiger partial charge in [0, 0.05) is 24.4 Å². The molecule has 1 aromatic carbocycles. The van der Waals surface area contributed by atoms with E-state index in [9.17, 15) is 5.11 Å². The van der Waals surface area contributed by atoms with E-state index in [0.29, 0.717) is 6.73 Å². The van der Waals surface area contributed by atoms with Crippen molar-refractivity contribution in [2.45, 2.75) is 16.4 Å². The van der Waals surface area contributed by atoms with Crippen molar-refractivity contribution in [3.05, 3.63) is 42.2 Å². The van der Waals surface area contributed by atoms with Crippen LogP contribution in [-0.4, -0.2) is 23.9 Å². The molecular formula is C14H14N2O2S. The SMILES string of the molecule is COCN1c2ccncc2Sc2ccc(CO)cc21. The molecule has 0 amide bonds. The number of nitrogens with zero attached hydrogens (tertiary/aromatic N) is 2. The van der Waals surface area contributed by atoms with E-state index >= 15 is 0 Å². The molecule has 3 rings (SSSR count). The van der Waals surface area contributed by atoms with Crippen LogP contribution in [0.15, 0.2) is 46.5 Å². The minimum atomic E-state index is 0.0436. The van der Waals surface area contributed by atoms with Gasteiger partial charge in [-0.2, -0.15) is 0 Å². The highest BCUT2D eigenvalue weighted by Crippen LogP contribution is 2.47. The van der Waals surface area contributed by atoms with Crippen molar-refractivity contribution >= 4 is 23.1 Å². The van der Waals surface area contributed by atoms with E-state index in [4.69, 9.17) is 4.74 Å². The Kier molecular flexibility index (Phi) is 3.42. The molecule has 5 heteroatoms. The summed E-state index contributed by atoms with van der Waals surface area (Å²) in [6, 6.07) is 7.96. The summed E-state index contributed by atoms with van der Waals surface area (Å²) in [7, 11) is 1.68. The molecule has 0 unspecified atom stereocenters. The molecule has 1 N–H and O–H groups in total. The number of aromatic nitrogens is 1. The molecule has 0 aliphatic carbocycles. The molecule has 1 aliphatic rings. The van der Waals surface area contributed by atoms with E-state index in [1.165, 1.54) is 0 Å². The van der Waals surface area contributed by atoms with Crippen molar-refractivity contribution in [3.8, 4) is 0 Å². The average Bonchev–Trinajstić information content (AvgIpc) is 2.47. The highest BCUT2D eigenvalue weighted by Gasteiger charge is 2.23. The largest absolute Gasteiger partial charge is 0.392 e. The predicted molar refractivity (Wildman–Crippen MR) is 74.7 cm³/mol. The lowest BCUT2D eigenvalue weighted by Crippen LogP contribution is -2.23. The molecule has 19 heavy (non-hydrogen) atoms. The lowest BCUT2D eigenvalue weighted by atomic mass is 10.2. The molecule has 1 aliphatic heterocycles. The number of hydrogen-bond donors (Lipinski definition) is 1. The molecule has 0 bridgehead atoms. The molecule has 2 heterocycles. The van der Waals surface area contributed by atoms with E-state index < -0.39 is 0 Å². The molecule has 0 saturated carbocycles. The van der Waals surface area contributed by atoms with Crippen LogP contribution in [0.4, 0.5) is 11.4 Å². The summed E-state index contributed by atoms with van der Waals surface area (Å²) in [4.78, 5) is 8.53. The topological polar surface area (TPSA) is 45.6 Å². The van der Waals surface area contributed by atoms with Gasteiger partial charge in [0.25, 0.3) is 0 Å². The Morgan fingerprint density at radius 1 is 1.26 bits per heavy atom. The summed E-state index contributed by atoms with van der Waals surface area (Å²) in [6.45, 7) is 0.515. The van der Waals surface area contributed by atoms with Crippen molar-refractivity contribution in [3.63, 3.8) is 0 Å². The van der Waals surface area contributed by atoms with E-state index in [1.54, 1.807) is 25.1 Å². The van der Waals surface area contributed by atoms with E-state index in [-0.39, 0.29) is 6.61 Å². The quantitative estimate of drug-likeness (QED) is 0.932. The molecule has 2 aromatic rings. The lowest BCUT2D eigenvalue weighted by Gasteiger charge is -2.32. The highest BCUT2D eigenvalue weighted by molar-refractivity contribution is 7.99. The van der Waals surface area contributed by atoms with Crippen molar-refractivity contribution in [1.29, 1.82) is 0 Å². The molecule has 0 saturated heterocycles. The van der Waals surface area contributed by atoms with Gasteiger partial charge >= 0.3 is 0 Å². The Morgan fingerprint density at radius 3 is 2.95 bits per heavy atom. The fourth-order valence-electron chi connectivity index (χ4n) is 2.15. The Morgan fingerprint density at radius 2 is 2.16 bits per heavy atom. The van der Waals surface area contributed by atoms with E-state index in [1.807, 2.05) is 30.5 Å². The Balaban J connectivity index is 2.12. The van der Waals surface area contributed by atoms with Crippen LogP contribution in [0.1, 0.15) is 5.56 Å². The minimum Gasteiger partial charge on any atom is -0.392 e. The van der Waals surface area contributed by atoms with Crippen LogP contribution in [0, 0.1) is 0 Å². The number of pyridine rings is 1. The standard InChI is InChI=1S/C14H14N2O2S/c1-18-9-16-11-4-5-15-7-14(11)19-13-3-2-10(8-17)6-12(13)16/h2-7,17H,8-9H2,1H3. The molecular weight excluding hydrogens is 260 g/mol. The number of hydrogen-bond acceptors (Lipinski definition) is 5. The zero-order chi connectivity index (χ0) is 13.2. The molecule has 1 aromatic heterocycles. The first-order valence-electron chi connectivity index (χ1n) is 5.95. The summed E-state index contributed by atoms with van der Waals surface area (Å²) >= 11 is 1.69. The third-order valence-electron chi connectivity index (χ3n) is 3.03. The molecule has 4 nitrogen and oxygen atoms in total. The van der Waals surface area contributed by atoms with Crippen molar-refractivity contribution < 1.29 is 9.84 Å². The van der Waals surface area contributed by atoms with Gasteiger partial charge in [-0.3, -0.25) is 4.98 Å². The van der Waals surface area contributed by atoms with Crippen LogP contribution in [-0.2, 0) is 11.3 Å². The third kappa shape index (κ3) is 2.20. The smallest absolute Gasteiger partial charge is 0.123 e. The van der Waals surface area contributed by atoms with Crippen LogP contribution in [0.25, 0.3) is 0 Å². The van der Waals surface area contributed by atoms with Crippen LogP contribution in [0.3, 0.4) is 0 Å². The van der Waals surface area contributed by atoms with Crippen LogP contribution >= 0.6 is 11.8 Å². The minimum absolute atomic E-state index is 0.0436. The number of rotatable bonds is 3. The first-order valence-corrected chi connectivity index (χ1v) is 6.77. The van der Waals surface area contributed by atoms with Crippen LogP contribution in [0.2, 0.25) is 0 Å². The number of methoxy groups -OCH3 is 1. The van der Waals surface area contributed by atoms with Gasteiger partial charge in [-0.05, 0) is 23.8 Å². The van der Waals surface area contributed by atoms with Gasteiger partial charge in [-0.25, -0.2) is 0 Å². The molecule has 0 spiro atoms. The molecule has 0 atom stereocenters. The van der Waals surface area contributed by atoms with Gasteiger partial charge in [0.1, 0.15) is 6.73 Å². The summed E-state index contributed by atoms with van der Waals surface area (Å²) in [5, 5.41) is 9.28. The number of benzene rings is 1. The first kappa shape index (κ1) is 12.5. The Bertz CT molecular complexity index is 604. The molecule has 0 fully saturated rings. The number of ether oxygens (including phenoxy) is 1. The van der Waals surface area contributed by atoms with E-state index in [2.05, 4.69) is 9.88 Å². The van der Waals surface area contributed by atoms with E-state index in [0.717, 1.165) is 26.7 Å². The summed E-state index contributed by atoms with van der Waals surface area (Å²) < 4.78 is 5.30. The van der Waals surface area contributed by atoms with Gasteiger partial charge in [-0.1, -0.05) is 17.8 Å². The molecule has 0 radical (unpaired) electrons. The average molecular weight is 274 g/mol. The van der Waals surface area contributed by atoms with Gasteiger partial charge in [-0.15, -0.1) is 0 Å². The first-order chi connectivity index (χ1) is 9.33. The number of aliphatic hydroxyl groups excluding tert-OH is 1. The lowest BCUT2D eigenvalue weighted by molar-refractivity contribution is 0.205. The van der Waals surface area contributed by atoms with Gasteiger partial charge in [0.15, 0.2) is 0 Å². The number of anilines is 2. The monoisotopic (exact) mass is 274 g/mol. The van der Waals surface area contributed by atoms with Crippen molar-refractivity contribution in [2.75, 3.05) is 18.7 Å². The van der Waals surface area contributed by atoms with Crippen molar-refractivity contribution in [2.24, 2.45) is 0 Å². The van der Waals surface area contributed by atoms with Gasteiger partial charge < -0.3 is 14.7 Å². The zero-order valence-electron chi connectivity index (χ0n) is 10.5. The predicted octanol–water partition coefficient (Wildman–Crippen LogP) is 2.78. The Labute approximate surface area is 116 Å². The second-order valence-corrected chi connectivity index (χ2v) is 5.34. The summed E-state index contributed by atoms with van der Waals surface area (Å²) in [6.07, 6.45) is 3.65. The highest BCUT2D eigenvalue weighted by atomic mass is 32.2. The number of fused-ring (bicyclic) bond motifs is 2. The Hall–Kier alpha value is -1.56.